The van der Waals surface area contributed by atoms with E-state index < -0.39 is 17.6 Å². The van der Waals surface area contributed by atoms with Gasteiger partial charge in [-0.25, -0.2) is 8.78 Å². The molecule has 0 bridgehead atoms. The molecule has 0 saturated carbocycles. The van der Waals surface area contributed by atoms with Gasteiger partial charge in [0.2, 0.25) is 5.91 Å². The number of nitrogens with zero attached hydrogens (tertiary/aromatic N) is 2. The number of benzene rings is 2. The van der Waals surface area contributed by atoms with Crippen LogP contribution in [0.3, 0.4) is 0 Å². The third-order valence-corrected chi connectivity index (χ3v) is 5.01. The Morgan fingerprint density at radius 2 is 2.00 bits per heavy atom. The Balaban J connectivity index is 1.45. The minimum absolute atomic E-state index is 0.245. The minimum Gasteiger partial charge on any atom is -0.372 e. The summed E-state index contributed by atoms with van der Waals surface area (Å²) < 4.78 is 39.4. The zero-order valence-corrected chi connectivity index (χ0v) is 15.9. The van der Waals surface area contributed by atoms with E-state index in [1.807, 2.05) is 0 Å². The van der Waals surface area contributed by atoms with Gasteiger partial charge in [-0.2, -0.15) is 0 Å². The second-order valence-electron chi connectivity index (χ2n) is 6.96. The highest BCUT2D eigenvalue weighted by atomic mass is 19.1. The van der Waals surface area contributed by atoms with Crippen molar-refractivity contribution in [2.24, 2.45) is 4.99 Å². The van der Waals surface area contributed by atoms with Gasteiger partial charge in [0.05, 0.1) is 24.6 Å². The maximum Gasteiger partial charge on any atom is 0.237 e. The largest absolute Gasteiger partial charge is 0.372 e. The fraction of sp³-hybridized carbons (Fsp3) is 0.333. The molecular weight excluding hydrogens is 380 g/mol. The third kappa shape index (κ3) is 4.13. The van der Waals surface area contributed by atoms with Gasteiger partial charge in [0.1, 0.15) is 17.6 Å². The number of fused-ring (bicyclic) bond motifs is 1. The topological polar surface area (TPSA) is 63.2 Å². The van der Waals surface area contributed by atoms with Crippen molar-refractivity contribution in [2.75, 3.05) is 37.0 Å². The summed E-state index contributed by atoms with van der Waals surface area (Å²) in [4.78, 5) is 18.1. The van der Waals surface area contributed by atoms with Gasteiger partial charge >= 0.3 is 0 Å². The Labute approximate surface area is 167 Å². The first-order chi connectivity index (χ1) is 14.0. The number of nitrogens with one attached hydrogen (secondary N) is 1. The molecule has 1 saturated heterocycles. The predicted octanol–water partition coefficient (Wildman–Crippen LogP) is 3.60. The molecule has 6 nitrogen and oxygen atoms in total. The first kappa shape index (κ1) is 19.5. The lowest BCUT2D eigenvalue weighted by Crippen LogP contribution is -2.24. The third-order valence-electron chi connectivity index (χ3n) is 5.01. The second-order valence-corrected chi connectivity index (χ2v) is 6.96. The monoisotopic (exact) mass is 401 g/mol. The summed E-state index contributed by atoms with van der Waals surface area (Å²) in [5.74, 6) is -2.11. The number of hydrogen-bond acceptors (Lipinski definition) is 5. The number of halogens is 2. The lowest BCUT2D eigenvalue weighted by atomic mass is 10.0. The Morgan fingerprint density at radius 1 is 1.21 bits per heavy atom. The number of rotatable bonds is 6. The van der Waals surface area contributed by atoms with Gasteiger partial charge < -0.3 is 19.7 Å². The summed E-state index contributed by atoms with van der Waals surface area (Å²) >= 11 is 0. The Morgan fingerprint density at radius 3 is 2.76 bits per heavy atom. The molecule has 2 aromatic carbocycles. The first-order valence-electron chi connectivity index (χ1n) is 9.40. The number of amides is 1. The van der Waals surface area contributed by atoms with Crippen LogP contribution in [-0.4, -0.2) is 45.2 Å². The maximum atomic E-state index is 14.6. The Hall–Kier alpha value is -2.84. The van der Waals surface area contributed by atoms with E-state index in [2.05, 4.69) is 10.3 Å². The van der Waals surface area contributed by atoms with Crippen LogP contribution < -0.4 is 10.2 Å². The lowest BCUT2D eigenvalue weighted by molar-refractivity contribution is -0.115. The van der Waals surface area contributed by atoms with Crippen molar-refractivity contribution in [3.63, 3.8) is 0 Å². The standard InChI is InChI=1S/C21H21F2N3O3/c1-26(8-7-19-28-9-10-29-19)18-6-5-13(11-16(18)23)24-12-14-20-15(22)3-2-4-17(20)25-21(14)27/h2-6,11-12,14,19H,7-10H2,1H3,(H,25,27). The molecule has 1 fully saturated rings. The van der Waals surface area contributed by atoms with Gasteiger partial charge in [-0.15, -0.1) is 0 Å². The molecule has 0 aliphatic carbocycles. The molecule has 2 aliphatic rings. The predicted molar refractivity (Wildman–Crippen MR) is 106 cm³/mol. The van der Waals surface area contributed by atoms with E-state index in [1.165, 1.54) is 24.4 Å². The second kappa shape index (κ2) is 8.26. The normalized spacial score (nSPS) is 19.0. The van der Waals surface area contributed by atoms with Gasteiger partial charge in [0.15, 0.2) is 6.29 Å². The summed E-state index contributed by atoms with van der Waals surface area (Å²) in [6.07, 6.45) is 1.74. The Bertz CT molecular complexity index is 945. The number of ether oxygens (including phenoxy) is 2. The van der Waals surface area contributed by atoms with Crippen molar-refractivity contribution in [3.05, 3.63) is 53.6 Å². The SMILES string of the molecule is CN(CCC1OCCO1)c1ccc(N=CC2C(=O)Nc3cccc(F)c32)cc1F. The zero-order chi connectivity index (χ0) is 20.4. The smallest absolute Gasteiger partial charge is 0.237 e. The van der Waals surface area contributed by atoms with Crippen LogP contribution in [-0.2, 0) is 14.3 Å². The van der Waals surface area contributed by atoms with Crippen molar-refractivity contribution < 1.29 is 23.0 Å². The van der Waals surface area contributed by atoms with Gasteiger partial charge in [0, 0.05) is 43.5 Å². The highest BCUT2D eigenvalue weighted by Gasteiger charge is 2.31. The molecule has 2 aromatic rings. The van der Waals surface area contributed by atoms with Crippen LogP contribution in [0, 0.1) is 11.6 Å². The van der Waals surface area contributed by atoms with E-state index >= 15 is 0 Å². The van der Waals surface area contributed by atoms with Crippen molar-refractivity contribution in [2.45, 2.75) is 18.6 Å². The van der Waals surface area contributed by atoms with E-state index in [1.54, 1.807) is 30.1 Å². The number of aliphatic imine (C=N–C) groups is 1. The highest BCUT2D eigenvalue weighted by molar-refractivity contribution is 6.12. The highest BCUT2D eigenvalue weighted by Crippen LogP contribution is 2.34. The van der Waals surface area contributed by atoms with E-state index in [0.29, 0.717) is 43.2 Å². The summed E-state index contributed by atoms with van der Waals surface area (Å²) in [7, 11) is 1.79. The number of carbonyl (C=O) groups is 1. The molecule has 2 heterocycles. The molecule has 1 atom stereocenters. The zero-order valence-electron chi connectivity index (χ0n) is 15.9. The molecule has 1 unspecified atom stereocenters. The molecule has 152 valence electrons. The fourth-order valence-electron chi connectivity index (χ4n) is 3.49. The number of anilines is 2. The van der Waals surface area contributed by atoms with Crippen molar-refractivity contribution in [1.29, 1.82) is 0 Å². The minimum atomic E-state index is -0.844. The first-order valence-corrected chi connectivity index (χ1v) is 9.40. The molecule has 0 spiro atoms. The van der Waals surface area contributed by atoms with Crippen LogP contribution in [0.5, 0.6) is 0 Å². The average Bonchev–Trinajstić information content (AvgIpc) is 3.32. The van der Waals surface area contributed by atoms with Crippen molar-refractivity contribution in [3.8, 4) is 0 Å². The van der Waals surface area contributed by atoms with E-state index in [4.69, 9.17) is 9.47 Å². The lowest BCUT2D eigenvalue weighted by Gasteiger charge is -2.21. The van der Waals surface area contributed by atoms with Crippen LogP contribution in [0.25, 0.3) is 0 Å². The Kier molecular flexibility index (Phi) is 5.55. The molecule has 1 N–H and O–H groups in total. The van der Waals surface area contributed by atoms with Crippen LogP contribution in [0.15, 0.2) is 41.4 Å². The van der Waals surface area contributed by atoms with Gasteiger partial charge in [0.25, 0.3) is 0 Å². The van der Waals surface area contributed by atoms with E-state index in [0.717, 1.165) is 0 Å². The summed E-state index contributed by atoms with van der Waals surface area (Å²) in [6, 6.07) is 9.04. The summed E-state index contributed by atoms with van der Waals surface area (Å²) in [5.41, 5.74) is 1.47. The molecule has 29 heavy (non-hydrogen) atoms. The molecule has 1 amide bonds. The molecule has 4 rings (SSSR count). The summed E-state index contributed by atoms with van der Waals surface area (Å²) in [6.45, 7) is 1.74. The van der Waals surface area contributed by atoms with Gasteiger partial charge in [-0.3, -0.25) is 9.79 Å². The van der Waals surface area contributed by atoms with Gasteiger partial charge in [-0.05, 0) is 24.3 Å². The van der Waals surface area contributed by atoms with Crippen molar-refractivity contribution in [1.82, 2.24) is 0 Å². The van der Waals surface area contributed by atoms with Crippen LogP contribution in [0.4, 0.5) is 25.8 Å². The molecule has 8 heteroatoms. The quantitative estimate of drug-likeness (QED) is 0.752. The molecule has 0 aromatic heterocycles. The fourth-order valence-corrected chi connectivity index (χ4v) is 3.49. The van der Waals surface area contributed by atoms with E-state index in [9.17, 15) is 13.6 Å². The van der Waals surface area contributed by atoms with Gasteiger partial charge in [-0.1, -0.05) is 6.07 Å². The summed E-state index contributed by atoms with van der Waals surface area (Å²) in [5, 5.41) is 2.63. The maximum absolute atomic E-state index is 14.6. The molecule has 0 radical (unpaired) electrons. The number of carbonyl (C=O) groups excluding carboxylic acids is 1. The van der Waals surface area contributed by atoms with Crippen LogP contribution in [0.2, 0.25) is 0 Å². The van der Waals surface area contributed by atoms with Crippen molar-refractivity contribution >= 4 is 29.2 Å². The molecular formula is C21H21F2N3O3. The van der Waals surface area contributed by atoms with Crippen LogP contribution >= 0.6 is 0 Å². The van der Waals surface area contributed by atoms with E-state index in [-0.39, 0.29) is 17.8 Å². The molecule has 2 aliphatic heterocycles. The average molecular weight is 401 g/mol. The van der Waals surface area contributed by atoms with Crippen LogP contribution in [0.1, 0.15) is 17.9 Å². The number of hydrogen-bond donors (Lipinski definition) is 1.